The number of likely N-dealkylation sites (N-methyl/N-ethyl adjacent to an activating group) is 1. The number of methoxy groups -OCH3 is 3. The van der Waals surface area contributed by atoms with Crippen LogP contribution in [-0.2, 0) is 27.9 Å². The largest absolute Gasteiger partial charge is 0.493 e. The summed E-state index contributed by atoms with van der Waals surface area (Å²) in [6.07, 6.45) is 0. The Labute approximate surface area is 211 Å². The summed E-state index contributed by atoms with van der Waals surface area (Å²) in [5.74, 6) is 1.59. The van der Waals surface area contributed by atoms with Crippen LogP contribution in [0.3, 0.4) is 0 Å². The maximum Gasteiger partial charge on any atom is 0.260 e. The van der Waals surface area contributed by atoms with Crippen LogP contribution in [0.1, 0.15) is 11.1 Å². The van der Waals surface area contributed by atoms with Crippen molar-refractivity contribution in [1.29, 1.82) is 0 Å². The van der Waals surface area contributed by atoms with Gasteiger partial charge in [0.15, 0.2) is 18.1 Å². The predicted molar refractivity (Wildman–Crippen MR) is 135 cm³/mol. The third kappa shape index (κ3) is 6.89. The van der Waals surface area contributed by atoms with Crippen molar-refractivity contribution in [2.24, 2.45) is 0 Å². The van der Waals surface area contributed by atoms with Gasteiger partial charge in [-0.1, -0.05) is 30.3 Å². The van der Waals surface area contributed by atoms with E-state index in [9.17, 15) is 13.2 Å². The smallest absolute Gasteiger partial charge is 0.260 e. The number of carbonyl (C=O) groups excluding carboxylic acids is 1. The maximum absolute atomic E-state index is 12.6. The van der Waals surface area contributed by atoms with Crippen molar-refractivity contribution in [1.82, 2.24) is 9.62 Å². The average molecular weight is 515 g/mol. The summed E-state index contributed by atoms with van der Waals surface area (Å²) in [6, 6.07) is 18.7. The third-order valence-electron chi connectivity index (χ3n) is 5.38. The van der Waals surface area contributed by atoms with Gasteiger partial charge in [0.2, 0.25) is 15.8 Å². The molecule has 0 aliphatic rings. The lowest BCUT2D eigenvalue weighted by Crippen LogP contribution is -2.31. The van der Waals surface area contributed by atoms with E-state index < -0.39 is 10.0 Å². The minimum atomic E-state index is -3.68. The highest BCUT2D eigenvalue weighted by molar-refractivity contribution is 7.89. The molecule has 0 aromatic heterocycles. The van der Waals surface area contributed by atoms with Crippen LogP contribution in [-0.4, -0.2) is 54.2 Å². The monoisotopic (exact) mass is 514 g/mol. The molecule has 0 saturated carbocycles. The van der Waals surface area contributed by atoms with Gasteiger partial charge < -0.3 is 23.8 Å². The number of carbonyl (C=O) groups is 1. The number of benzene rings is 3. The standard InChI is InChI=1S/C26H30N2O7S/c1-28(17-20-14-23(32-2)26(34-4)24(15-20)33-3)25(29)18-35-21-10-12-22(13-11-21)36(30,31)27-16-19-8-6-5-7-9-19/h5-15,27H,16-18H2,1-4H3. The van der Waals surface area contributed by atoms with Gasteiger partial charge in [-0.25, -0.2) is 13.1 Å². The molecule has 9 nitrogen and oxygen atoms in total. The SMILES string of the molecule is COc1cc(CN(C)C(=O)COc2ccc(S(=O)(=O)NCc3ccccc3)cc2)cc(OC)c1OC. The van der Waals surface area contributed by atoms with E-state index in [2.05, 4.69) is 4.72 Å². The number of nitrogens with one attached hydrogen (secondary N) is 1. The van der Waals surface area contributed by atoms with E-state index in [0.717, 1.165) is 11.1 Å². The highest BCUT2D eigenvalue weighted by Gasteiger charge is 2.17. The lowest BCUT2D eigenvalue weighted by Gasteiger charge is -2.20. The molecule has 0 bridgehead atoms. The fourth-order valence-electron chi connectivity index (χ4n) is 3.42. The van der Waals surface area contributed by atoms with Gasteiger partial charge in [-0.2, -0.15) is 0 Å². The fourth-order valence-corrected chi connectivity index (χ4v) is 4.43. The van der Waals surface area contributed by atoms with Crippen LogP contribution in [0.4, 0.5) is 0 Å². The summed E-state index contributed by atoms with van der Waals surface area (Å²) >= 11 is 0. The Morgan fingerprint density at radius 1 is 0.861 bits per heavy atom. The Hall–Kier alpha value is -3.76. The Bertz CT molecular complexity index is 1240. The van der Waals surface area contributed by atoms with Gasteiger partial charge in [0.1, 0.15) is 5.75 Å². The number of rotatable bonds is 12. The van der Waals surface area contributed by atoms with Gasteiger partial charge in [-0.3, -0.25) is 4.79 Å². The summed E-state index contributed by atoms with van der Waals surface area (Å²) in [7, 11) is 2.55. The van der Waals surface area contributed by atoms with Gasteiger partial charge >= 0.3 is 0 Å². The van der Waals surface area contributed by atoms with Gasteiger partial charge in [-0.05, 0) is 47.5 Å². The van der Waals surface area contributed by atoms with E-state index in [4.69, 9.17) is 18.9 Å². The first-order chi connectivity index (χ1) is 17.3. The minimum Gasteiger partial charge on any atom is -0.493 e. The number of nitrogens with zero attached hydrogens (tertiary/aromatic N) is 1. The molecule has 0 unspecified atom stereocenters. The molecule has 3 aromatic carbocycles. The Morgan fingerprint density at radius 2 is 1.47 bits per heavy atom. The van der Waals surface area contributed by atoms with E-state index in [1.807, 2.05) is 30.3 Å². The van der Waals surface area contributed by atoms with Crippen LogP contribution in [0.25, 0.3) is 0 Å². The second-order valence-electron chi connectivity index (χ2n) is 7.85. The molecule has 10 heteroatoms. The summed E-state index contributed by atoms with van der Waals surface area (Å²) < 4.78 is 49.3. The molecule has 0 radical (unpaired) electrons. The zero-order chi connectivity index (χ0) is 26.1. The second-order valence-corrected chi connectivity index (χ2v) is 9.62. The van der Waals surface area contributed by atoms with E-state index >= 15 is 0 Å². The highest BCUT2D eigenvalue weighted by Crippen LogP contribution is 2.38. The number of hydrogen-bond donors (Lipinski definition) is 1. The van der Waals surface area contributed by atoms with Crippen molar-refractivity contribution < 1.29 is 32.2 Å². The first-order valence-electron chi connectivity index (χ1n) is 11.1. The fraction of sp³-hybridized carbons (Fsp3) is 0.269. The van der Waals surface area contributed by atoms with Gasteiger partial charge in [-0.15, -0.1) is 0 Å². The van der Waals surface area contributed by atoms with Crippen LogP contribution < -0.4 is 23.7 Å². The lowest BCUT2D eigenvalue weighted by molar-refractivity contribution is -0.132. The van der Waals surface area contributed by atoms with Crippen molar-refractivity contribution >= 4 is 15.9 Å². The Kier molecular flexibility index (Phi) is 9.15. The van der Waals surface area contributed by atoms with Crippen molar-refractivity contribution in [3.05, 3.63) is 77.9 Å². The zero-order valence-corrected chi connectivity index (χ0v) is 21.5. The first-order valence-corrected chi connectivity index (χ1v) is 12.5. The number of ether oxygens (including phenoxy) is 4. The van der Waals surface area contributed by atoms with Crippen LogP contribution in [0.2, 0.25) is 0 Å². The maximum atomic E-state index is 12.6. The lowest BCUT2D eigenvalue weighted by atomic mass is 10.1. The summed E-state index contributed by atoms with van der Waals surface area (Å²) in [6.45, 7) is 0.274. The first kappa shape index (κ1) is 26.8. The van der Waals surface area contributed by atoms with Crippen molar-refractivity contribution in [3.63, 3.8) is 0 Å². The van der Waals surface area contributed by atoms with E-state index in [-0.39, 0.29) is 24.0 Å². The minimum absolute atomic E-state index is 0.108. The normalized spacial score (nSPS) is 11.0. The van der Waals surface area contributed by atoms with Crippen LogP contribution in [0.5, 0.6) is 23.0 Å². The van der Waals surface area contributed by atoms with Crippen molar-refractivity contribution in [2.75, 3.05) is 35.0 Å². The van der Waals surface area contributed by atoms with E-state index in [1.54, 1.807) is 19.2 Å². The van der Waals surface area contributed by atoms with Crippen molar-refractivity contribution in [3.8, 4) is 23.0 Å². The molecule has 3 rings (SSSR count). The van der Waals surface area contributed by atoms with Gasteiger partial charge in [0, 0.05) is 20.1 Å². The van der Waals surface area contributed by atoms with Gasteiger partial charge in [0.05, 0.1) is 26.2 Å². The van der Waals surface area contributed by atoms with Crippen LogP contribution in [0.15, 0.2) is 71.6 Å². The number of hydrogen-bond acceptors (Lipinski definition) is 7. The molecule has 0 fully saturated rings. The molecule has 192 valence electrons. The molecule has 3 aromatic rings. The molecule has 36 heavy (non-hydrogen) atoms. The van der Waals surface area contributed by atoms with Crippen LogP contribution in [0, 0.1) is 0 Å². The molecule has 0 aliphatic heterocycles. The zero-order valence-electron chi connectivity index (χ0n) is 20.7. The average Bonchev–Trinajstić information content (AvgIpc) is 2.90. The molecule has 0 saturated heterocycles. The third-order valence-corrected chi connectivity index (χ3v) is 6.79. The van der Waals surface area contributed by atoms with Gasteiger partial charge in [0.25, 0.3) is 5.91 Å². The molecule has 1 amide bonds. The molecule has 0 spiro atoms. The molecule has 0 atom stereocenters. The molecule has 0 heterocycles. The topological polar surface area (TPSA) is 103 Å². The quantitative estimate of drug-likeness (QED) is 0.396. The number of amides is 1. The van der Waals surface area contributed by atoms with Crippen molar-refractivity contribution in [2.45, 2.75) is 18.0 Å². The summed E-state index contributed by atoms with van der Waals surface area (Å²) in [5, 5.41) is 0. The molecular weight excluding hydrogens is 484 g/mol. The molecule has 0 aliphatic carbocycles. The summed E-state index contributed by atoms with van der Waals surface area (Å²) in [5.41, 5.74) is 1.65. The van der Waals surface area contributed by atoms with E-state index in [1.165, 1.54) is 50.5 Å². The number of sulfonamides is 1. The van der Waals surface area contributed by atoms with Crippen LogP contribution >= 0.6 is 0 Å². The second kappa shape index (κ2) is 12.3. The predicted octanol–water partition coefficient (Wildman–Crippen LogP) is 3.23. The molecular formula is C26H30N2O7S. The Balaban J connectivity index is 1.56. The highest BCUT2D eigenvalue weighted by atomic mass is 32.2. The summed E-state index contributed by atoms with van der Waals surface area (Å²) in [4.78, 5) is 14.2. The Morgan fingerprint density at radius 3 is 2.03 bits per heavy atom. The molecule has 1 N–H and O–H groups in total. The van der Waals surface area contributed by atoms with E-state index in [0.29, 0.717) is 29.5 Å².